The van der Waals surface area contributed by atoms with Gasteiger partial charge in [0.25, 0.3) is 0 Å². The van der Waals surface area contributed by atoms with E-state index < -0.39 is 5.97 Å². The average molecular weight is 259 g/mol. The molecule has 100 valence electrons. The lowest BCUT2D eigenvalue weighted by Gasteiger charge is -2.21. The van der Waals surface area contributed by atoms with Crippen molar-refractivity contribution < 1.29 is 9.90 Å². The number of hydrogen-bond acceptors (Lipinski definition) is 3. The van der Waals surface area contributed by atoms with Gasteiger partial charge in [0, 0.05) is 17.8 Å². The molecule has 2 rings (SSSR count). The molecule has 0 bridgehead atoms. The van der Waals surface area contributed by atoms with Crippen LogP contribution in [0.1, 0.15) is 18.0 Å². The Morgan fingerprint density at radius 2 is 2.05 bits per heavy atom. The third-order valence-corrected chi connectivity index (χ3v) is 3.00. The van der Waals surface area contributed by atoms with E-state index in [-0.39, 0.29) is 12.5 Å². The highest BCUT2D eigenvalue weighted by Gasteiger charge is 2.19. The zero-order valence-electron chi connectivity index (χ0n) is 11.0. The summed E-state index contributed by atoms with van der Waals surface area (Å²) in [4.78, 5) is 12.8. The highest BCUT2D eigenvalue weighted by molar-refractivity contribution is 5.67. The Morgan fingerprint density at radius 1 is 1.37 bits per heavy atom. The SMILES string of the molecule is CN(C)C(CC(=O)O)c1cnn(-c2ccccc2)c1. The Morgan fingerprint density at radius 3 is 2.63 bits per heavy atom. The lowest BCUT2D eigenvalue weighted by atomic mass is 10.1. The van der Waals surface area contributed by atoms with Crippen molar-refractivity contribution in [3.05, 3.63) is 48.3 Å². The third kappa shape index (κ3) is 3.20. The van der Waals surface area contributed by atoms with E-state index in [1.54, 1.807) is 10.9 Å². The fourth-order valence-corrected chi connectivity index (χ4v) is 1.99. The first-order valence-electron chi connectivity index (χ1n) is 6.06. The molecule has 0 saturated heterocycles. The van der Waals surface area contributed by atoms with Gasteiger partial charge < -0.3 is 10.0 Å². The Balaban J connectivity index is 2.26. The van der Waals surface area contributed by atoms with Crippen molar-refractivity contribution in [1.82, 2.24) is 14.7 Å². The molecule has 1 unspecified atom stereocenters. The zero-order chi connectivity index (χ0) is 13.8. The number of aromatic nitrogens is 2. The van der Waals surface area contributed by atoms with Crippen molar-refractivity contribution >= 4 is 5.97 Å². The van der Waals surface area contributed by atoms with Crippen molar-refractivity contribution in [2.45, 2.75) is 12.5 Å². The summed E-state index contributed by atoms with van der Waals surface area (Å²) in [6.45, 7) is 0. The van der Waals surface area contributed by atoms with E-state index >= 15 is 0 Å². The van der Waals surface area contributed by atoms with Gasteiger partial charge in [-0.15, -0.1) is 0 Å². The smallest absolute Gasteiger partial charge is 0.305 e. The molecular formula is C14H17N3O2. The molecule has 1 heterocycles. The van der Waals surface area contributed by atoms with Crippen LogP contribution in [0, 0.1) is 0 Å². The van der Waals surface area contributed by atoms with Gasteiger partial charge in [-0.3, -0.25) is 4.79 Å². The topological polar surface area (TPSA) is 58.4 Å². The standard InChI is InChI=1S/C14H17N3O2/c1-16(2)13(8-14(18)19)11-9-15-17(10-11)12-6-4-3-5-7-12/h3-7,9-10,13H,8H2,1-2H3,(H,18,19). The number of para-hydroxylation sites is 1. The van der Waals surface area contributed by atoms with Gasteiger partial charge in [-0.05, 0) is 26.2 Å². The van der Waals surface area contributed by atoms with Crippen molar-refractivity contribution in [1.29, 1.82) is 0 Å². The van der Waals surface area contributed by atoms with E-state index in [1.807, 2.05) is 55.5 Å². The maximum atomic E-state index is 10.9. The van der Waals surface area contributed by atoms with Crippen molar-refractivity contribution in [2.75, 3.05) is 14.1 Å². The van der Waals surface area contributed by atoms with Crippen molar-refractivity contribution in [2.24, 2.45) is 0 Å². The van der Waals surface area contributed by atoms with Gasteiger partial charge in [0.05, 0.1) is 18.3 Å². The van der Waals surface area contributed by atoms with E-state index in [9.17, 15) is 4.79 Å². The lowest BCUT2D eigenvalue weighted by Crippen LogP contribution is -2.22. The molecule has 5 heteroatoms. The Bertz CT molecular complexity index is 549. The van der Waals surface area contributed by atoms with E-state index in [4.69, 9.17) is 5.11 Å². The summed E-state index contributed by atoms with van der Waals surface area (Å²) in [5.41, 5.74) is 1.86. The Kier molecular flexibility index (Phi) is 3.97. The molecule has 1 aromatic heterocycles. The normalized spacial score (nSPS) is 12.6. The molecular weight excluding hydrogens is 242 g/mol. The molecule has 0 saturated carbocycles. The molecule has 1 atom stereocenters. The van der Waals surface area contributed by atoms with Crippen LogP contribution in [0.2, 0.25) is 0 Å². The van der Waals surface area contributed by atoms with Crippen LogP contribution in [0.4, 0.5) is 0 Å². The number of nitrogens with zero attached hydrogens (tertiary/aromatic N) is 3. The maximum Gasteiger partial charge on any atom is 0.305 e. The van der Waals surface area contributed by atoms with Crippen LogP contribution < -0.4 is 0 Å². The van der Waals surface area contributed by atoms with Gasteiger partial charge in [-0.1, -0.05) is 18.2 Å². The van der Waals surface area contributed by atoms with Crippen LogP contribution in [0.3, 0.4) is 0 Å². The van der Waals surface area contributed by atoms with E-state index in [0.29, 0.717) is 0 Å². The summed E-state index contributed by atoms with van der Waals surface area (Å²) in [5, 5.41) is 13.3. The molecule has 0 aliphatic heterocycles. The molecule has 0 radical (unpaired) electrons. The molecule has 19 heavy (non-hydrogen) atoms. The minimum Gasteiger partial charge on any atom is -0.481 e. The summed E-state index contributed by atoms with van der Waals surface area (Å²) in [6.07, 6.45) is 3.66. The highest BCUT2D eigenvalue weighted by Crippen LogP contribution is 2.22. The molecule has 1 aromatic carbocycles. The predicted molar refractivity (Wildman–Crippen MR) is 72.2 cm³/mol. The van der Waals surface area contributed by atoms with Crippen molar-refractivity contribution in [3.8, 4) is 5.69 Å². The summed E-state index contributed by atoms with van der Waals surface area (Å²) in [7, 11) is 3.74. The van der Waals surface area contributed by atoms with Crippen LogP contribution in [0.5, 0.6) is 0 Å². The second kappa shape index (κ2) is 5.67. The van der Waals surface area contributed by atoms with E-state index in [0.717, 1.165) is 11.3 Å². The van der Waals surface area contributed by atoms with E-state index in [2.05, 4.69) is 5.10 Å². The first-order chi connectivity index (χ1) is 9.08. The third-order valence-electron chi connectivity index (χ3n) is 3.00. The van der Waals surface area contributed by atoms with E-state index in [1.165, 1.54) is 0 Å². The lowest BCUT2D eigenvalue weighted by molar-refractivity contribution is -0.138. The fourth-order valence-electron chi connectivity index (χ4n) is 1.99. The van der Waals surface area contributed by atoms with Gasteiger partial charge in [0.1, 0.15) is 0 Å². The molecule has 2 aromatic rings. The van der Waals surface area contributed by atoms with Crippen LogP contribution in [-0.4, -0.2) is 39.9 Å². The Hall–Kier alpha value is -2.14. The first-order valence-corrected chi connectivity index (χ1v) is 6.06. The minimum absolute atomic E-state index is 0.0630. The number of carboxylic acid groups (broad SMARTS) is 1. The van der Waals surface area contributed by atoms with Gasteiger partial charge in [-0.25, -0.2) is 4.68 Å². The van der Waals surface area contributed by atoms with Crippen LogP contribution in [-0.2, 0) is 4.79 Å². The summed E-state index contributed by atoms with van der Waals surface area (Å²) < 4.78 is 1.76. The quantitative estimate of drug-likeness (QED) is 0.891. The molecule has 0 amide bonds. The average Bonchev–Trinajstić information content (AvgIpc) is 2.86. The molecule has 0 fully saturated rings. The van der Waals surface area contributed by atoms with Crippen LogP contribution in [0.25, 0.3) is 5.69 Å². The molecule has 0 aliphatic rings. The summed E-state index contributed by atoms with van der Waals surface area (Å²) >= 11 is 0. The molecule has 0 aliphatic carbocycles. The first kappa shape index (κ1) is 13.3. The predicted octanol–water partition coefficient (Wildman–Crippen LogP) is 1.95. The zero-order valence-corrected chi connectivity index (χ0v) is 11.0. The number of benzene rings is 1. The van der Waals surface area contributed by atoms with Gasteiger partial charge in [-0.2, -0.15) is 5.10 Å². The number of rotatable bonds is 5. The largest absolute Gasteiger partial charge is 0.481 e. The molecule has 5 nitrogen and oxygen atoms in total. The molecule has 0 spiro atoms. The number of carboxylic acids is 1. The fraction of sp³-hybridized carbons (Fsp3) is 0.286. The monoisotopic (exact) mass is 259 g/mol. The van der Waals surface area contributed by atoms with Crippen molar-refractivity contribution in [3.63, 3.8) is 0 Å². The van der Waals surface area contributed by atoms with Crippen LogP contribution in [0.15, 0.2) is 42.7 Å². The second-order valence-corrected chi connectivity index (χ2v) is 4.63. The maximum absolute atomic E-state index is 10.9. The number of aliphatic carboxylic acids is 1. The molecule has 1 N–H and O–H groups in total. The van der Waals surface area contributed by atoms with Gasteiger partial charge in [0.15, 0.2) is 0 Å². The minimum atomic E-state index is -0.814. The summed E-state index contributed by atoms with van der Waals surface area (Å²) in [5.74, 6) is -0.814. The number of carbonyl (C=O) groups is 1. The van der Waals surface area contributed by atoms with Gasteiger partial charge in [0.2, 0.25) is 0 Å². The Labute approximate surface area is 112 Å². The highest BCUT2D eigenvalue weighted by atomic mass is 16.4. The van der Waals surface area contributed by atoms with Gasteiger partial charge >= 0.3 is 5.97 Å². The number of hydrogen-bond donors (Lipinski definition) is 1. The second-order valence-electron chi connectivity index (χ2n) is 4.63. The van der Waals surface area contributed by atoms with Crippen LogP contribution >= 0.6 is 0 Å². The summed E-state index contributed by atoms with van der Waals surface area (Å²) in [6, 6.07) is 9.57.